The first-order chi connectivity index (χ1) is 3.68. The fourth-order valence-electron chi connectivity index (χ4n) is 0.595. The zero-order chi connectivity index (χ0) is 6.57. The zero-order valence-corrected chi connectivity index (χ0v) is 6.20. The minimum atomic E-state index is 0.771. The Morgan fingerprint density at radius 1 is 1.50 bits per heavy atom. The molecule has 8 heavy (non-hydrogen) atoms. The normalized spacial score (nSPS) is 14.6. The summed E-state index contributed by atoms with van der Waals surface area (Å²) in [6.45, 7) is 10.4. The van der Waals surface area contributed by atoms with Crippen LogP contribution in [0.15, 0.2) is 0 Å². The Balaban J connectivity index is 3.17. The van der Waals surface area contributed by atoms with Crippen LogP contribution in [0.2, 0.25) is 0 Å². The lowest BCUT2D eigenvalue weighted by Crippen LogP contribution is -1.99. The molecule has 0 aliphatic rings. The summed E-state index contributed by atoms with van der Waals surface area (Å²) < 4.78 is 0. The predicted molar refractivity (Wildman–Crippen MR) is 38.3 cm³/mol. The Hall–Kier alpha value is 0. The van der Waals surface area contributed by atoms with E-state index in [0.29, 0.717) is 0 Å². The largest absolute Gasteiger partial charge is 0.0620 e. The van der Waals surface area contributed by atoms with Crippen LogP contribution in [0, 0.1) is 18.8 Å². The molecule has 1 atom stereocenters. The smallest absolute Gasteiger partial charge is 0.0275 e. The molecule has 0 aromatic rings. The molecule has 0 heterocycles. The van der Waals surface area contributed by atoms with Gasteiger partial charge in [-0.2, -0.15) is 0 Å². The highest BCUT2D eigenvalue weighted by atomic mass is 14.1. The van der Waals surface area contributed by atoms with Crippen molar-refractivity contribution in [2.75, 3.05) is 0 Å². The minimum Gasteiger partial charge on any atom is -0.0620 e. The molecular formula is C8H16. The lowest BCUT2D eigenvalue weighted by atomic mass is 9.94. The summed E-state index contributed by atoms with van der Waals surface area (Å²) in [7, 11) is 0. The molecule has 0 spiro atoms. The van der Waals surface area contributed by atoms with Gasteiger partial charge in [-0.25, -0.2) is 0 Å². The molecule has 0 saturated heterocycles. The van der Waals surface area contributed by atoms with Crippen molar-refractivity contribution in [2.24, 2.45) is 5.92 Å². The van der Waals surface area contributed by atoms with Crippen LogP contribution in [0.3, 0.4) is 0 Å². The average Bonchev–Trinajstić information content (AvgIpc) is 1.67. The Morgan fingerprint density at radius 2 is 2.00 bits per heavy atom. The van der Waals surface area contributed by atoms with Gasteiger partial charge in [-0.3, -0.25) is 0 Å². The van der Waals surface area contributed by atoms with Gasteiger partial charge in [-0.15, -0.1) is 0 Å². The Bertz CT molecular complexity index is 46.0. The summed E-state index contributed by atoms with van der Waals surface area (Å²) in [6, 6.07) is 0. The molecule has 0 fully saturated rings. The van der Waals surface area contributed by atoms with Crippen molar-refractivity contribution in [3.05, 3.63) is 12.8 Å². The predicted octanol–water partition coefficient (Wildman–Crippen LogP) is 2.85. The van der Waals surface area contributed by atoms with Gasteiger partial charge in [0.25, 0.3) is 0 Å². The lowest BCUT2D eigenvalue weighted by Gasteiger charge is -2.12. The van der Waals surface area contributed by atoms with Crippen LogP contribution in [0.4, 0.5) is 0 Å². The summed E-state index contributed by atoms with van der Waals surface area (Å²) in [6.07, 6.45) is 2.30. The lowest BCUT2D eigenvalue weighted by molar-refractivity contribution is 0.557. The summed E-state index contributed by atoms with van der Waals surface area (Å²) >= 11 is 0. The van der Waals surface area contributed by atoms with E-state index in [9.17, 15) is 0 Å². The zero-order valence-electron chi connectivity index (χ0n) is 6.20. The van der Waals surface area contributed by atoms with E-state index in [1.165, 1.54) is 12.3 Å². The maximum Gasteiger partial charge on any atom is -0.0275 e. The molecule has 0 nitrogen and oxygen atoms in total. The van der Waals surface area contributed by atoms with Gasteiger partial charge in [0.2, 0.25) is 0 Å². The van der Waals surface area contributed by atoms with Crippen molar-refractivity contribution in [3.63, 3.8) is 0 Å². The van der Waals surface area contributed by atoms with E-state index in [2.05, 4.69) is 27.7 Å². The van der Waals surface area contributed by atoms with Crippen LogP contribution >= 0.6 is 0 Å². The van der Waals surface area contributed by atoms with E-state index in [-0.39, 0.29) is 0 Å². The quantitative estimate of drug-likeness (QED) is 0.526. The summed E-state index contributed by atoms with van der Waals surface area (Å²) in [4.78, 5) is 0. The van der Waals surface area contributed by atoms with Crippen molar-refractivity contribution in [2.45, 2.75) is 33.6 Å². The number of hydrogen-bond donors (Lipinski definition) is 0. The summed E-state index contributed by atoms with van der Waals surface area (Å²) in [5.41, 5.74) is 0. The first kappa shape index (κ1) is 8.00. The van der Waals surface area contributed by atoms with Crippen molar-refractivity contribution >= 4 is 0 Å². The van der Waals surface area contributed by atoms with Gasteiger partial charge in [0.05, 0.1) is 0 Å². The number of hydrogen-bond acceptors (Lipinski definition) is 0. The monoisotopic (exact) mass is 112 g/mol. The second-order valence-electron chi connectivity index (χ2n) is 2.62. The Kier molecular flexibility index (Phi) is 3.94. The van der Waals surface area contributed by atoms with Crippen molar-refractivity contribution < 1.29 is 0 Å². The van der Waals surface area contributed by atoms with Crippen molar-refractivity contribution in [1.29, 1.82) is 0 Å². The van der Waals surface area contributed by atoms with E-state index in [1.807, 2.05) is 0 Å². The van der Waals surface area contributed by atoms with Crippen molar-refractivity contribution in [3.8, 4) is 0 Å². The Labute approximate surface area is 53.3 Å². The first-order valence-corrected chi connectivity index (χ1v) is 3.27. The van der Waals surface area contributed by atoms with Crippen molar-refractivity contribution in [1.82, 2.24) is 0 Å². The summed E-state index contributed by atoms with van der Waals surface area (Å²) in [5.74, 6) is 2.29. The minimum absolute atomic E-state index is 0.771. The maximum atomic E-state index is 3.79. The van der Waals surface area contributed by atoms with Crippen LogP contribution in [0.1, 0.15) is 33.6 Å². The SMILES string of the molecule is [CH2]CCC(C)[C](C)C. The third-order valence-corrected chi connectivity index (χ3v) is 1.62. The second-order valence-corrected chi connectivity index (χ2v) is 2.62. The van der Waals surface area contributed by atoms with E-state index in [1.54, 1.807) is 0 Å². The molecule has 0 rings (SSSR count). The molecule has 0 amide bonds. The van der Waals surface area contributed by atoms with Gasteiger partial charge in [-0.1, -0.05) is 40.5 Å². The molecule has 48 valence electrons. The second kappa shape index (κ2) is 3.94. The topological polar surface area (TPSA) is 0 Å². The molecule has 0 saturated carbocycles. The van der Waals surface area contributed by atoms with E-state index < -0.39 is 0 Å². The van der Waals surface area contributed by atoms with Gasteiger partial charge >= 0.3 is 0 Å². The molecule has 0 bridgehead atoms. The van der Waals surface area contributed by atoms with Crippen LogP contribution in [-0.4, -0.2) is 0 Å². The fraction of sp³-hybridized carbons (Fsp3) is 0.750. The fourth-order valence-corrected chi connectivity index (χ4v) is 0.595. The molecule has 0 aliphatic heterocycles. The highest BCUT2D eigenvalue weighted by Gasteiger charge is 2.04. The van der Waals surface area contributed by atoms with Crippen LogP contribution in [0.25, 0.3) is 0 Å². The van der Waals surface area contributed by atoms with Gasteiger partial charge < -0.3 is 0 Å². The molecule has 1 unspecified atom stereocenters. The van der Waals surface area contributed by atoms with Gasteiger partial charge in [0.15, 0.2) is 0 Å². The van der Waals surface area contributed by atoms with Gasteiger partial charge in [0.1, 0.15) is 0 Å². The van der Waals surface area contributed by atoms with Gasteiger partial charge in [-0.05, 0) is 11.8 Å². The summed E-state index contributed by atoms with van der Waals surface area (Å²) in [5, 5.41) is 0. The highest BCUT2D eigenvalue weighted by Crippen LogP contribution is 2.16. The van der Waals surface area contributed by atoms with E-state index in [4.69, 9.17) is 0 Å². The average molecular weight is 112 g/mol. The molecule has 0 N–H and O–H groups in total. The first-order valence-electron chi connectivity index (χ1n) is 3.27. The molecule has 0 aromatic heterocycles. The van der Waals surface area contributed by atoms with E-state index in [0.717, 1.165) is 12.3 Å². The van der Waals surface area contributed by atoms with Crippen LogP contribution in [0.5, 0.6) is 0 Å². The van der Waals surface area contributed by atoms with Crippen LogP contribution < -0.4 is 0 Å². The van der Waals surface area contributed by atoms with Gasteiger partial charge in [0, 0.05) is 0 Å². The molecule has 0 aromatic carbocycles. The molecule has 0 heteroatoms. The molecular weight excluding hydrogens is 96.1 g/mol. The molecule has 2 radical (unpaired) electrons. The standard InChI is InChI=1S/C8H16/c1-5-6-8(4)7(2)3/h8H,1,5-6H2,2-4H3. The third kappa shape index (κ3) is 3.06. The molecule has 0 aliphatic carbocycles. The Morgan fingerprint density at radius 3 is 2.12 bits per heavy atom. The van der Waals surface area contributed by atoms with Crippen LogP contribution in [-0.2, 0) is 0 Å². The highest BCUT2D eigenvalue weighted by molar-refractivity contribution is 4.83. The maximum absolute atomic E-state index is 3.79. The van der Waals surface area contributed by atoms with E-state index >= 15 is 0 Å². The third-order valence-electron chi connectivity index (χ3n) is 1.62. The number of rotatable bonds is 3.